The summed E-state index contributed by atoms with van der Waals surface area (Å²) in [5.74, 6) is 0.253. The summed E-state index contributed by atoms with van der Waals surface area (Å²) >= 11 is 0. The van der Waals surface area contributed by atoms with Gasteiger partial charge in [-0.15, -0.1) is 0 Å². The van der Waals surface area contributed by atoms with Crippen LogP contribution in [-0.2, 0) is 9.47 Å². The zero-order valence-electron chi connectivity index (χ0n) is 10.9. The standard InChI is InChI=1S/C11H25N3O3/c1-3-16-9-7-14(8-10-17-4-2)6-5-11(12)13-15/h15H,3-10H2,1-2H3,(H2,12,13). The average Bonchev–Trinajstić information content (AvgIpc) is 2.35. The number of hydrogen-bond donors (Lipinski definition) is 2. The van der Waals surface area contributed by atoms with Crippen LogP contribution in [0.3, 0.4) is 0 Å². The van der Waals surface area contributed by atoms with Gasteiger partial charge in [0.05, 0.1) is 13.2 Å². The highest BCUT2D eigenvalue weighted by atomic mass is 16.5. The maximum absolute atomic E-state index is 8.47. The summed E-state index contributed by atoms with van der Waals surface area (Å²) in [6.07, 6.45) is 0.550. The molecule has 0 rings (SSSR count). The van der Waals surface area contributed by atoms with Crippen molar-refractivity contribution in [3.05, 3.63) is 0 Å². The van der Waals surface area contributed by atoms with Gasteiger partial charge in [0.2, 0.25) is 0 Å². The number of ether oxygens (including phenoxy) is 2. The van der Waals surface area contributed by atoms with Crippen molar-refractivity contribution in [3.8, 4) is 0 Å². The molecule has 3 N–H and O–H groups in total. The van der Waals surface area contributed by atoms with Crippen LogP contribution in [0.2, 0.25) is 0 Å². The summed E-state index contributed by atoms with van der Waals surface area (Å²) in [7, 11) is 0. The fourth-order valence-electron chi connectivity index (χ4n) is 1.33. The Balaban J connectivity index is 3.83. The predicted molar refractivity (Wildman–Crippen MR) is 67.5 cm³/mol. The molecule has 0 fully saturated rings. The van der Waals surface area contributed by atoms with Crippen molar-refractivity contribution in [2.45, 2.75) is 20.3 Å². The van der Waals surface area contributed by atoms with Gasteiger partial charge in [0.25, 0.3) is 0 Å². The lowest BCUT2D eigenvalue weighted by Crippen LogP contribution is -2.34. The van der Waals surface area contributed by atoms with Crippen LogP contribution < -0.4 is 5.73 Å². The summed E-state index contributed by atoms with van der Waals surface area (Å²) in [6, 6.07) is 0. The van der Waals surface area contributed by atoms with Crippen LogP contribution in [0, 0.1) is 0 Å². The van der Waals surface area contributed by atoms with E-state index in [4.69, 9.17) is 20.4 Å². The lowest BCUT2D eigenvalue weighted by atomic mass is 10.3. The van der Waals surface area contributed by atoms with Gasteiger partial charge in [0.15, 0.2) is 0 Å². The van der Waals surface area contributed by atoms with Crippen LogP contribution in [0.15, 0.2) is 5.16 Å². The van der Waals surface area contributed by atoms with Crippen LogP contribution in [0.25, 0.3) is 0 Å². The first-order valence-electron chi connectivity index (χ1n) is 6.08. The molecular formula is C11H25N3O3. The molecule has 0 saturated carbocycles. The summed E-state index contributed by atoms with van der Waals surface area (Å²) in [4.78, 5) is 2.18. The van der Waals surface area contributed by atoms with E-state index in [2.05, 4.69) is 10.1 Å². The van der Waals surface area contributed by atoms with Crippen LogP contribution in [0.4, 0.5) is 0 Å². The van der Waals surface area contributed by atoms with Gasteiger partial charge in [-0.05, 0) is 13.8 Å². The van der Waals surface area contributed by atoms with E-state index in [-0.39, 0.29) is 5.84 Å². The molecule has 6 heteroatoms. The number of hydrogen-bond acceptors (Lipinski definition) is 5. The Morgan fingerprint density at radius 1 is 1.12 bits per heavy atom. The second-order valence-electron chi connectivity index (χ2n) is 3.58. The molecule has 0 unspecified atom stereocenters. The smallest absolute Gasteiger partial charge is 0.140 e. The lowest BCUT2D eigenvalue weighted by molar-refractivity contribution is 0.0839. The molecule has 0 atom stereocenters. The van der Waals surface area contributed by atoms with E-state index in [1.165, 1.54) is 0 Å². The van der Waals surface area contributed by atoms with Gasteiger partial charge in [-0.2, -0.15) is 0 Å². The molecule has 0 radical (unpaired) electrons. The molecule has 0 aromatic heterocycles. The average molecular weight is 247 g/mol. The Labute approximate surface area is 103 Å². The van der Waals surface area contributed by atoms with E-state index >= 15 is 0 Å². The fourth-order valence-corrected chi connectivity index (χ4v) is 1.33. The summed E-state index contributed by atoms with van der Waals surface area (Å²) in [6.45, 7) is 9.19. The lowest BCUT2D eigenvalue weighted by Gasteiger charge is -2.21. The molecule has 0 aromatic rings. The molecule has 102 valence electrons. The molecule has 0 aliphatic carbocycles. The summed E-state index contributed by atoms with van der Waals surface area (Å²) in [5, 5.41) is 11.4. The van der Waals surface area contributed by atoms with Crippen molar-refractivity contribution in [1.29, 1.82) is 0 Å². The van der Waals surface area contributed by atoms with Gasteiger partial charge in [-0.1, -0.05) is 5.16 Å². The highest BCUT2D eigenvalue weighted by molar-refractivity contribution is 5.79. The van der Waals surface area contributed by atoms with Crippen molar-refractivity contribution in [2.75, 3.05) is 46.1 Å². The maximum atomic E-state index is 8.47. The topological polar surface area (TPSA) is 80.3 Å². The second-order valence-corrected chi connectivity index (χ2v) is 3.58. The van der Waals surface area contributed by atoms with Gasteiger partial charge in [-0.25, -0.2) is 0 Å². The van der Waals surface area contributed by atoms with E-state index < -0.39 is 0 Å². The quantitative estimate of drug-likeness (QED) is 0.183. The Kier molecular flexibility index (Phi) is 11.0. The SMILES string of the molecule is CCOCCN(CCOCC)CCC(N)=NO. The number of rotatable bonds is 11. The first-order chi connectivity index (χ1) is 8.24. The molecule has 17 heavy (non-hydrogen) atoms. The van der Waals surface area contributed by atoms with E-state index in [9.17, 15) is 0 Å². The Morgan fingerprint density at radius 2 is 1.65 bits per heavy atom. The van der Waals surface area contributed by atoms with E-state index in [0.717, 1.165) is 32.8 Å². The molecule has 0 aliphatic heterocycles. The van der Waals surface area contributed by atoms with E-state index in [0.29, 0.717) is 19.6 Å². The molecule has 0 heterocycles. The minimum absolute atomic E-state index is 0.253. The van der Waals surface area contributed by atoms with Crippen LogP contribution >= 0.6 is 0 Å². The van der Waals surface area contributed by atoms with Gasteiger partial charge in [0.1, 0.15) is 5.84 Å². The first kappa shape index (κ1) is 16.1. The first-order valence-corrected chi connectivity index (χ1v) is 6.08. The summed E-state index contributed by atoms with van der Waals surface area (Å²) < 4.78 is 10.6. The Bertz CT molecular complexity index is 190. The van der Waals surface area contributed by atoms with Crippen molar-refractivity contribution in [3.63, 3.8) is 0 Å². The zero-order chi connectivity index (χ0) is 12.9. The molecular weight excluding hydrogens is 222 g/mol. The highest BCUT2D eigenvalue weighted by Crippen LogP contribution is 1.93. The predicted octanol–water partition coefficient (Wildman–Crippen LogP) is 0.498. The van der Waals surface area contributed by atoms with Gasteiger partial charge in [-0.3, -0.25) is 4.90 Å². The number of nitrogens with two attached hydrogens (primary N) is 1. The maximum Gasteiger partial charge on any atom is 0.140 e. The number of nitrogens with zero attached hydrogens (tertiary/aromatic N) is 2. The highest BCUT2D eigenvalue weighted by Gasteiger charge is 2.06. The van der Waals surface area contributed by atoms with Crippen molar-refractivity contribution in [2.24, 2.45) is 10.9 Å². The monoisotopic (exact) mass is 247 g/mol. The molecule has 0 aromatic carbocycles. The van der Waals surface area contributed by atoms with E-state index in [1.54, 1.807) is 0 Å². The third kappa shape index (κ3) is 10.0. The Hall–Kier alpha value is -0.850. The molecule has 0 bridgehead atoms. The van der Waals surface area contributed by atoms with Crippen molar-refractivity contribution < 1.29 is 14.7 Å². The third-order valence-corrected chi connectivity index (χ3v) is 2.32. The normalized spacial score (nSPS) is 12.3. The zero-order valence-corrected chi connectivity index (χ0v) is 10.9. The van der Waals surface area contributed by atoms with Crippen LogP contribution in [-0.4, -0.2) is 62.0 Å². The van der Waals surface area contributed by atoms with E-state index in [1.807, 2.05) is 13.8 Å². The number of amidine groups is 1. The van der Waals surface area contributed by atoms with Crippen molar-refractivity contribution >= 4 is 5.84 Å². The molecule has 0 spiro atoms. The third-order valence-electron chi connectivity index (χ3n) is 2.32. The minimum atomic E-state index is 0.253. The summed E-state index contributed by atoms with van der Waals surface area (Å²) in [5.41, 5.74) is 5.44. The Morgan fingerprint density at radius 3 is 2.06 bits per heavy atom. The molecule has 0 saturated heterocycles. The fraction of sp³-hybridized carbons (Fsp3) is 0.909. The minimum Gasteiger partial charge on any atom is -0.409 e. The van der Waals surface area contributed by atoms with Crippen molar-refractivity contribution in [1.82, 2.24) is 4.90 Å². The van der Waals surface area contributed by atoms with Crippen LogP contribution in [0.5, 0.6) is 0 Å². The van der Waals surface area contributed by atoms with Gasteiger partial charge >= 0.3 is 0 Å². The molecule has 6 nitrogen and oxygen atoms in total. The molecule has 0 aliphatic rings. The largest absolute Gasteiger partial charge is 0.409 e. The van der Waals surface area contributed by atoms with Gasteiger partial charge < -0.3 is 20.4 Å². The van der Waals surface area contributed by atoms with Crippen LogP contribution in [0.1, 0.15) is 20.3 Å². The second kappa shape index (κ2) is 11.6. The van der Waals surface area contributed by atoms with Gasteiger partial charge in [0, 0.05) is 39.3 Å². The molecule has 0 amide bonds. The number of oxime groups is 1.